The van der Waals surface area contributed by atoms with Gasteiger partial charge in [0.2, 0.25) is 0 Å². The summed E-state index contributed by atoms with van der Waals surface area (Å²) in [5, 5.41) is 8.42. The first-order valence-corrected chi connectivity index (χ1v) is 8.73. The molecule has 3 rings (SSSR count). The summed E-state index contributed by atoms with van der Waals surface area (Å²) in [5.41, 5.74) is 0.930. The zero-order valence-corrected chi connectivity index (χ0v) is 13.0. The first-order valence-electron chi connectivity index (χ1n) is 7.58. The van der Waals surface area contributed by atoms with Gasteiger partial charge in [0, 0.05) is 26.2 Å². The zero-order chi connectivity index (χ0) is 13.8. The number of thioether (sulfide) groups is 1. The number of hydrogen-bond donors (Lipinski definition) is 0. The molecule has 0 spiro atoms. The molecule has 0 aliphatic carbocycles. The Morgan fingerprint density at radius 1 is 1.20 bits per heavy atom. The number of methoxy groups -OCH3 is 1. The lowest BCUT2D eigenvalue weighted by Crippen LogP contribution is -2.43. The minimum absolute atomic E-state index is 0.516. The molecule has 0 N–H and O–H groups in total. The molecule has 0 bridgehead atoms. The average Bonchev–Trinajstić information content (AvgIpc) is 2.97. The molecule has 2 fully saturated rings. The number of hydrogen-bond acceptors (Lipinski definition) is 5. The van der Waals surface area contributed by atoms with Gasteiger partial charge < -0.3 is 9.64 Å². The molecule has 2 aliphatic rings. The van der Waals surface area contributed by atoms with E-state index in [1.165, 1.54) is 50.3 Å². The van der Waals surface area contributed by atoms with Gasteiger partial charge in [-0.05, 0) is 37.2 Å². The van der Waals surface area contributed by atoms with Crippen LogP contribution < -0.4 is 0 Å². The maximum absolute atomic E-state index is 5.10. The van der Waals surface area contributed by atoms with E-state index >= 15 is 0 Å². The van der Waals surface area contributed by atoms with Gasteiger partial charge in [-0.25, -0.2) is 4.68 Å². The van der Waals surface area contributed by atoms with Crippen LogP contribution in [0, 0.1) is 0 Å². The van der Waals surface area contributed by atoms with Gasteiger partial charge >= 0.3 is 0 Å². The molecule has 5 nitrogen and oxygen atoms in total. The summed E-state index contributed by atoms with van der Waals surface area (Å²) >= 11 is 2.11. The van der Waals surface area contributed by atoms with E-state index < -0.39 is 0 Å². The molecule has 0 aromatic carbocycles. The molecule has 3 heterocycles. The van der Waals surface area contributed by atoms with E-state index in [1.807, 2.05) is 10.9 Å². The van der Waals surface area contributed by atoms with Gasteiger partial charge in [-0.15, -0.1) is 5.10 Å². The number of likely N-dealkylation sites (tertiary alicyclic amines) is 1. The Bertz CT molecular complexity index is 411. The third-order valence-corrected chi connectivity index (χ3v) is 5.48. The lowest BCUT2D eigenvalue weighted by Gasteiger charge is -2.39. The predicted octanol–water partition coefficient (Wildman–Crippen LogP) is 1.96. The van der Waals surface area contributed by atoms with Crippen LogP contribution in [0.1, 0.15) is 37.4 Å². The van der Waals surface area contributed by atoms with Gasteiger partial charge in [-0.2, -0.15) is 11.8 Å². The lowest BCUT2D eigenvalue weighted by atomic mass is 10.0. The van der Waals surface area contributed by atoms with Gasteiger partial charge in [-0.1, -0.05) is 5.21 Å². The molecule has 6 heteroatoms. The monoisotopic (exact) mass is 296 g/mol. The maximum atomic E-state index is 5.10. The lowest BCUT2D eigenvalue weighted by molar-refractivity contribution is 0.123. The molecule has 1 aromatic rings. The van der Waals surface area contributed by atoms with Crippen LogP contribution >= 0.6 is 11.8 Å². The summed E-state index contributed by atoms with van der Waals surface area (Å²) in [6.07, 6.45) is 7.17. The predicted molar refractivity (Wildman–Crippen MR) is 80.9 cm³/mol. The van der Waals surface area contributed by atoms with Crippen molar-refractivity contribution < 1.29 is 4.74 Å². The standard InChI is InChI=1S/C14H24N4OS/c1-19-11-12-10-18(16-15-12)14-2-6-17(7-3-14)13-4-8-20-9-5-13/h10,13-14H,2-9,11H2,1H3. The highest BCUT2D eigenvalue weighted by atomic mass is 32.2. The highest BCUT2D eigenvalue weighted by Crippen LogP contribution is 2.28. The van der Waals surface area contributed by atoms with E-state index in [2.05, 4.69) is 27.0 Å². The molecule has 2 saturated heterocycles. The van der Waals surface area contributed by atoms with Crippen molar-refractivity contribution >= 4 is 11.8 Å². The van der Waals surface area contributed by atoms with E-state index in [-0.39, 0.29) is 0 Å². The Kier molecular flexibility index (Phi) is 4.96. The van der Waals surface area contributed by atoms with Crippen molar-refractivity contribution in [2.75, 3.05) is 31.7 Å². The van der Waals surface area contributed by atoms with Crippen LogP contribution in [0.4, 0.5) is 0 Å². The molecule has 0 unspecified atom stereocenters. The Labute approximate surface area is 125 Å². The second-order valence-electron chi connectivity index (χ2n) is 5.73. The summed E-state index contributed by atoms with van der Waals surface area (Å²) in [4.78, 5) is 2.70. The van der Waals surface area contributed by atoms with Crippen LogP contribution in [0.15, 0.2) is 6.20 Å². The molecular formula is C14H24N4OS. The van der Waals surface area contributed by atoms with Crippen LogP contribution in [0.25, 0.3) is 0 Å². The second kappa shape index (κ2) is 6.91. The third-order valence-electron chi connectivity index (χ3n) is 4.43. The summed E-state index contributed by atoms with van der Waals surface area (Å²) in [5.74, 6) is 2.68. The molecule has 0 saturated carbocycles. The van der Waals surface area contributed by atoms with Crippen LogP contribution in [-0.4, -0.2) is 57.6 Å². The van der Waals surface area contributed by atoms with Crippen molar-refractivity contribution in [1.82, 2.24) is 19.9 Å². The Morgan fingerprint density at radius 2 is 1.95 bits per heavy atom. The fourth-order valence-corrected chi connectivity index (χ4v) is 4.35. The Hall–Kier alpha value is -0.590. The van der Waals surface area contributed by atoms with Crippen LogP contribution in [-0.2, 0) is 11.3 Å². The largest absolute Gasteiger partial charge is 0.378 e. The molecule has 112 valence electrons. The number of aromatic nitrogens is 3. The van der Waals surface area contributed by atoms with Crippen molar-refractivity contribution in [3.63, 3.8) is 0 Å². The second-order valence-corrected chi connectivity index (χ2v) is 6.96. The molecule has 0 amide bonds. The molecule has 0 radical (unpaired) electrons. The SMILES string of the molecule is COCc1cn(C2CCN(C3CCSCC3)CC2)nn1. The minimum atomic E-state index is 0.516. The van der Waals surface area contributed by atoms with E-state index in [1.54, 1.807) is 7.11 Å². The average molecular weight is 296 g/mol. The van der Waals surface area contributed by atoms with Gasteiger partial charge in [-0.3, -0.25) is 0 Å². The summed E-state index contributed by atoms with van der Waals surface area (Å²) in [6.45, 7) is 2.97. The van der Waals surface area contributed by atoms with Crippen molar-refractivity contribution in [1.29, 1.82) is 0 Å². The fraction of sp³-hybridized carbons (Fsp3) is 0.857. The summed E-state index contributed by atoms with van der Waals surface area (Å²) in [6, 6.07) is 1.35. The van der Waals surface area contributed by atoms with Crippen molar-refractivity contribution in [2.24, 2.45) is 0 Å². The van der Waals surface area contributed by atoms with E-state index in [0.29, 0.717) is 12.6 Å². The zero-order valence-electron chi connectivity index (χ0n) is 12.2. The Balaban J connectivity index is 1.52. The number of piperidine rings is 1. The van der Waals surface area contributed by atoms with Crippen LogP contribution in [0.2, 0.25) is 0 Å². The van der Waals surface area contributed by atoms with E-state index in [4.69, 9.17) is 4.74 Å². The van der Waals surface area contributed by atoms with E-state index in [9.17, 15) is 0 Å². The topological polar surface area (TPSA) is 43.2 Å². The van der Waals surface area contributed by atoms with Crippen LogP contribution in [0.3, 0.4) is 0 Å². The van der Waals surface area contributed by atoms with Crippen LogP contribution in [0.5, 0.6) is 0 Å². The molecule has 0 atom stereocenters. The van der Waals surface area contributed by atoms with Crippen molar-refractivity contribution in [3.8, 4) is 0 Å². The quantitative estimate of drug-likeness (QED) is 0.850. The van der Waals surface area contributed by atoms with E-state index in [0.717, 1.165) is 11.7 Å². The molecule has 2 aliphatic heterocycles. The van der Waals surface area contributed by atoms with Gasteiger partial charge in [0.25, 0.3) is 0 Å². The van der Waals surface area contributed by atoms with Gasteiger partial charge in [0.1, 0.15) is 5.69 Å². The smallest absolute Gasteiger partial charge is 0.108 e. The first kappa shape index (κ1) is 14.4. The maximum Gasteiger partial charge on any atom is 0.108 e. The fourth-order valence-electron chi connectivity index (χ4n) is 3.27. The van der Waals surface area contributed by atoms with Crippen molar-refractivity contribution in [2.45, 2.75) is 44.4 Å². The Morgan fingerprint density at radius 3 is 2.65 bits per heavy atom. The van der Waals surface area contributed by atoms with Gasteiger partial charge in [0.05, 0.1) is 18.8 Å². The summed E-state index contributed by atoms with van der Waals surface area (Å²) in [7, 11) is 1.69. The normalized spacial score (nSPS) is 23.2. The summed E-state index contributed by atoms with van der Waals surface area (Å²) < 4.78 is 7.14. The highest BCUT2D eigenvalue weighted by molar-refractivity contribution is 7.99. The molecular weight excluding hydrogens is 272 g/mol. The number of rotatable bonds is 4. The molecule has 20 heavy (non-hydrogen) atoms. The van der Waals surface area contributed by atoms with Crippen molar-refractivity contribution in [3.05, 3.63) is 11.9 Å². The highest BCUT2D eigenvalue weighted by Gasteiger charge is 2.27. The van der Waals surface area contributed by atoms with Gasteiger partial charge in [0.15, 0.2) is 0 Å². The third kappa shape index (κ3) is 3.35. The first-order chi connectivity index (χ1) is 9.86. The minimum Gasteiger partial charge on any atom is -0.378 e. The molecule has 1 aromatic heterocycles. The number of nitrogens with zero attached hydrogens (tertiary/aromatic N) is 4. The number of ether oxygens (including phenoxy) is 1.